The van der Waals surface area contributed by atoms with E-state index in [1.54, 1.807) is 0 Å². The van der Waals surface area contributed by atoms with Crippen LogP contribution in [0.3, 0.4) is 0 Å². The molecule has 13 nitrogen and oxygen atoms in total. The number of nitro groups is 1. The van der Waals surface area contributed by atoms with E-state index in [0.29, 0.717) is 0 Å². The van der Waals surface area contributed by atoms with E-state index in [0.717, 1.165) is 19.2 Å². The first-order chi connectivity index (χ1) is 16.6. The lowest BCUT2D eigenvalue weighted by molar-refractivity contribution is -0.384. The van der Waals surface area contributed by atoms with Crippen LogP contribution in [0.1, 0.15) is 11.6 Å². The van der Waals surface area contributed by atoms with Crippen LogP contribution in [0.25, 0.3) is 11.0 Å². The number of nitrogens with zero attached hydrogens (tertiary/aromatic N) is 3. The van der Waals surface area contributed by atoms with Crippen molar-refractivity contribution in [2.45, 2.75) is 5.92 Å². The molecule has 0 bridgehead atoms. The maximum absolute atomic E-state index is 13.2. The maximum atomic E-state index is 13.2. The predicted octanol–water partition coefficient (Wildman–Crippen LogP) is 1.92. The summed E-state index contributed by atoms with van der Waals surface area (Å²) in [5, 5.41) is 16.8. The summed E-state index contributed by atoms with van der Waals surface area (Å²) in [6, 6.07) is 7.46. The number of H-pyrrole nitrogens is 1. The second-order valence-electron chi connectivity index (χ2n) is 6.79. The van der Waals surface area contributed by atoms with E-state index >= 15 is 0 Å². The van der Waals surface area contributed by atoms with Gasteiger partial charge in [-0.3, -0.25) is 24.5 Å². The number of ketones is 1. The number of carbonyl (C=O) groups excluding carboxylic acids is 3. The fraction of sp³-hybridized carbons (Fsp3) is 0.100. The molecule has 180 valence electrons. The Hall–Kier alpha value is -4.36. The normalized spacial score (nSPS) is 12.1. The Bertz CT molecular complexity index is 1470. The fourth-order valence-electron chi connectivity index (χ4n) is 3.03. The molecule has 1 atom stereocenters. The molecule has 0 fully saturated rings. The Kier molecular flexibility index (Phi) is 7.42. The monoisotopic (exact) mass is 520 g/mol. The Balaban J connectivity index is 2.13. The lowest BCUT2D eigenvalue weighted by atomic mass is 9.93. The van der Waals surface area contributed by atoms with Crippen molar-refractivity contribution in [1.29, 1.82) is 0 Å². The molecular weight excluding hydrogens is 507 g/mol. The number of fused-ring (bicyclic) bond motifs is 1. The van der Waals surface area contributed by atoms with Crippen molar-refractivity contribution in [3.63, 3.8) is 0 Å². The number of rotatable bonds is 7. The zero-order chi connectivity index (χ0) is 25.9. The maximum Gasteiger partial charge on any atom is 0.355 e. The van der Waals surface area contributed by atoms with Gasteiger partial charge in [-0.05, 0) is 24.3 Å². The molecule has 15 heteroatoms. The van der Waals surface area contributed by atoms with E-state index in [-0.39, 0.29) is 32.5 Å². The molecule has 3 aromatic rings. The largest absolute Gasteiger partial charge is 0.464 e. The number of amides is 1. The number of ether oxygens (including phenoxy) is 1. The minimum Gasteiger partial charge on any atom is -0.464 e. The predicted molar refractivity (Wildman–Crippen MR) is 125 cm³/mol. The molecule has 1 heterocycles. The van der Waals surface area contributed by atoms with Crippen molar-refractivity contribution >= 4 is 69.0 Å². The molecule has 0 radical (unpaired) electrons. The third kappa shape index (κ3) is 5.26. The number of hydrogen-bond acceptors (Lipinski definition) is 10. The van der Waals surface area contributed by atoms with Crippen molar-refractivity contribution in [3.05, 3.63) is 72.6 Å². The number of methoxy groups -OCH3 is 1. The second-order valence-corrected chi connectivity index (χ2v) is 7.63. The lowest BCUT2D eigenvalue weighted by Gasteiger charge is -2.16. The van der Waals surface area contributed by atoms with Crippen molar-refractivity contribution in [1.82, 2.24) is 9.97 Å². The van der Waals surface area contributed by atoms with Gasteiger partial charge in [0, 0.05) is 17.2 Å². The van der Waals surface area contributed by atoms with Gasteiger partial charge in [-0.15, -0.1) is 0 Å². The van der Waals surface area contributed by atoms with Crippen LogP contribution in [0.5, 0.6) is 0 Å². The molecule has 0 aliphatic heterocycles. The summed E-state index contributed by atoms with van der Waals surface area (Å²) in [7, 11) is 0.970. The van der Waals surface area contributed by atoms with Crippen LogP contribution in [0.2, 0.25) is 10.0 Å². The van der Waals surface area contributed by atoms with Gasteiger partial charge < -0.3 is 20.9 Å². The second kappa shape index (κ2) is 10.3. The van der Waals surface area contributed by atoms with Gasteiger partial charge in [-0.2, -0.15) is 5.10 Å². The topological polar surface area (TPSA) is 200 Å². The Morgan fingerprint density at radius 1 is 1.23 bits per heavy atom. The molecule has 0 aliphatic carbocycles. The van der Waals surface area contributed by atoms with Gasteiger partial charge in [0.2, 0.25) is 5.78 Å². The number of hydrogen-bond donors (Lipinski definition) is 3. The third-order valence-electron chi connectivity index (χ3n) is 4.66. The van der Waals surface area contributed by atoms with Gasteiger partial charge in [-0.25, -0.2) is 9.78 Å². The van der Waals surface area contributed by atoms with Crippen LogP contribution in [-0.2, 0) is 19.1 Å². The van der Waals surface area contributed by atoms with Gasteiger partial charge >= 0.3 is 5.97 Å². The van der Waals surface area contributed by atoms with Crippen molar-refractivity contribution < 1.29 is 24.0 Å². The van der Waals surface area contributed by atoms with Gasteiger partial charge in [0.1, 0.15) is 11.6 Å². The molecule has 1 unspecified atom stereocenters. The molecule has 0 saturated heterocycles. The molecule has 0 spiro atoms. The number of non-ortho nitro benzene ring substituents is 1. The highest BCUT2D eigenvalue weighted by Crippen LogP contribution is 2.26. The SMILES string of the molecule is COC(=O)C(=NN)C(C(=O)C(=O)Nc1cc(Cl)ccc1Cl)c1nc2ccc([N+](=O)[O-])cc2[nH]c1=O. The summed E-state index contributed by atoms with van der Waals surface area (Å²) in [4.78, 5) is 67.8. The highest BCUT2D eigenvalue weighted by Gasteiger charge is 2.39. The van der Waals surface area contributed by atoms with Crippen LogP contribution >= 0.6 is 23.2 Å². The standard InChI is InChI=1S/C20H14Cl2N6O7/c1-35-20(32)16(27-23)14(17(29)19(31)25-12-6-8(21)2-4-10(12)22)15-18(30)26-13-7-9(28(33)34)3-5-11(13)24-15/h2-7,14H,23H2,1H3,(H,25,31)(H,26,30). The summed E-state index contributed by atoms with van der Waals surface area (Å²) in [5.41, 5.74) is -2.81. The van der Waals surface area contributed by atoms with Gasteiger partial charge in [0.15, 0.2) is 5.71 Å². The van der Waals surface area contributed by atoms with Gasteiger partial charge in [0.05, 0.1) is 33.8 Å². The summed E-state index contributed by atoms with van der Waals surface area (Å²) < 4.78 is 4.57. The average molecular weight is 521 g/mol. The molecule has 2 aromatic carbocycles. The number of anilines is 1. The van der Waals surface area contributed by atoms with E-state index in [1.807, 2.05) is 0 Å². The van der Waals surface area contributed by atoms with Crippen molar-refractivity contribution in [2.24, 2.45) is 10.9 Å². The van der Waals surface area contributed by atoms with E-state index in [4.69, 9.17) is 29.0 Å². The zero-order valence-electron chi connectivity index (χ0n) is 17.6. The van der Waals surface area contributed by atoms with E-state index in [1.165, 1.54) is 24.3 Å². The van der Waals surface area contributed by atoms with Crippen LogP contribution < -0.4 is 16.7 Å². The lowest BCUT2D eigenvalue weighted by Crippen LogP contribution is -2.40. The quantitative estimate of drug-likeness (QED) is 0.104. The van der Waals surface area contributed by atoms with Gasteiger partial charge in [-0.1, -0.05) is 23.2 Å². The summed E-state index contributed by atoms with van der Waals surface area (Å²) in [6.45, 7) is 0. The Morgan fingerprint density at radius 3 is 2.57 bits per heavy atom. The smallest absolute Gasteiger partial charge is 0.355 e. The minimum absolute atomic E-state index is 0.0162. The van der Waals surface area contributed by atoms with Crippen molar-refractivity contribution in [3.8, 4) is 0 Å². The first-order valence-corrected chi connectivity index (χ1v) is 10.2. The number of nitrogens with two attached hydrogens (primary N) is 1. The average Bonchev–Trinajstić information content (AvgIpc) is 2.83. The number of aromatic amines is 1. The van der Waals surface area contributed by atoms with Crippen LogP contribution in [-0.4, -0.2) is 45.4 Å². The molecule has 0 saturated carbocycles. The molecular formula is C20H14Cl2N6O7. The number of hydrazone groups is 1. The number of carbonyl (C=O) groups is 3. The number of benzene rings is 2. The Morgan fingerprint density at radius 2 is 1.94 bits per heavy atom. The minimum atomic E-state index is -1.99. The molecule has 4 N–H and O–H groups in total. The van der Waals surface area contributed by atoms with Crippen LogP contribution in [0.15, 0.2) is 46.3 Å². The number of Topliss-reactive ketones (excluding diaryl/α,β-unsaturated/α-hetero) is 1. The summed E-state index contributed by atoms with van der Waals surface area (Å²) in [5.74, 6) is -0.558. The first-order valence-electron chi connectivity index (χ1n) is 9.42. The number of nitrogens with one attached hydrogen (secondary N) is 2. The molecule has 1 amide bonds. The number of esters is 1. The zero-order valence-corrected chi connectivity index (χ0v) is 19.1. The molecule has 1 aromatic heterocycles. The number of halogens is 2. The Labute approximate surface area is 205 Å². The number of nitro benzene ring substituents is 1. The highest BCUT2D eigenvalue weighted by molar-refractivity contribution is 6.53. The first kappa shape index (κ1) is 25.3. The molecule has 0 aliphatic rings. The summed E-state index contributed by atoms with van der Waals surface area (Å²) >= 11 is 11.9. The van der Waals surface area contributed by atoms with Crippen LogP contribution in [0, 0.1) is 10.1 Å². The van der Waals surface area contributed by atoms with Crippen LogP contribution in [0.4, 0.5) is 11.4 Å². The molecule has 3 rings (SSSR count). The highest BCUT2D eigenvalue weighted by atomic mass is 35.5. The van der Waals surface area contributed by atoms with E-state index in [2.05, 4.69) is 25.1 Å². The van der Waals surface area contributed by atoms with Crippen molar-refractivity contribution in [2.75, 3.05) is 12.4 Å². The third-order valence-corrected chi connectivity index (χ3v) is 5.22. The molecule has 35 heavy (non-hydrogen) atoms. The van der Waals surface area contributed by atoms with Gasteiger partial charge in [0.25, 0.3) is 17.2 Å². The van der Waals surface area contributed by atoms with E-state index < -0.39 is 45.5 Å². The summed E-state index contributed by atoms with van der Waals surface area (Å²) in [6.07, 6.45) is 0. The number of aromatic nitrogens is 2. The fourth-order valence-corrected chi connectivity index (χ4v) is 3.37. The van der Waals surface area contributed by atoms with E-state index in [9.17, 15) is 29.3 Å².